The summed E-state index contributed by atoms with van der Waals surface area (Å²) in [6, 6.07) is 8.81. The van der Waals surface area contributed by atoms with Gasteiger partial charge in [0.15, 0.2) is 0 Å². The third-order valence-electron chi connectivity index (χ3n) is 4.65. The van der Waals surface area contributed by atoms with E-state index < -0.39 is 0 Å². The Morgan fingerprint density at radius 3 is 2.80 bits per heavy atom. The molecule has 0 radical (unpaired) electrons. The summed E-state index contributed by atoms with van der Waals surface area (Å²) in [6.07, 6.45) is 4.07. The molecule has 3 amide bonds. The molecule has 9 heteroatoms. The van der Waals surface area contributed by atoms with Crippen molar-refractivity contribution in [3.8, 4) is 10.6 Å². The monoisotopic (exact) mass is 484 g/mol. The van der Waals surface area contributed by atoms with E-state index in [0.717, 1.165) is 20.7 Å². The van der Waals surface area contributed by atoms with Crippen LogP contribution in [0.25, 0.3) is 10.6 Å². The molecular weight excluding hydrogens is 468 g/mol. The summed E-state index contributed by atoms with van der Waals surface area (Å²) in [5, 5.41) is 5.59. The number of aromatic nitrogens is 2. The summed E-state index contributed by atoms with van der Waals surface area (Å²) in [5.41, 5.74) is 2.51. The molecule has 7 nitrogen and oxygen atoms in total. The standard InChI is InChI=1S/C21H17BrN4O3S/c22-14-5-6-16-17(9-14)21(29)26(20(16)28)8-2-4-18(27)24-11-15-12-30-19(25-15)13-3-1-7-23-10-13/h1,3,5-7,9-10,12H,2,4,8,11H2,(H,24,27). The molecule has 2 aromatic heterocycles. The number of amides is 3. The molecule has 0 bridgehead atoms. The number of nitrogens with zero attached hydrogens (tertiary/aromatic N) is 3. The Bertz CT molecular complexity index is 1120. The number of carbonyl (C=O) groups excluding carboxylic acids is 3. The second kappa shape index (κ2) is 8.85. The van der Waals surface area contributed by atoms with Crippen LogP contribution in [0.5, 0.6) is 0 Å². The van der Waals surface area contributed by atoms with E-state index in [-0.39, 0.29) is 30.7 Å². The number of hydrogen-bond acceptors (Lipinski definition) is 6. The van der Waals surface area contributed by atoms with Gasteiger partial charge in [-0.1, -0.05) is 15.9 Å². The van der Waals surface area contributed by atoms with Crippen molar-refractivity contribution in [2.24, 2.45) is 0 Å². The van der Waals surface area contributed by atoms with E-state index in [1.807, 2.05) is 17.5 Å². The molecule has 3 heterocycles. The molecule has 4 rings (SSSR count). The minimum atomic E-state index is -0.317. The van der Waals surface area contributed by atoms with Gasteiger partial charge in [0.1, 0.15) is 5.01 Å². The number of imide groups is 1. The van der Waals surface area contributed by atoms with E-state index in [1.165, 1.54) is 16.2 Å². The van der Waals surface area contributed by atoms with E-state index in [2.05, 4.69) is 31.2 Å². The van der Waals surface area contributed by atoms with Crippen molar-refractivity contribution in [3.05, 3.63) is 69.4 Å². The average molecular weight is 485 g/mol. The SMILES string of the molecule is O=C(CCCN1C(=O)c2ccc(Br)cc2C1=O)NCc1csc(-c2cccnc2)n1. The summed E-state index contributed by atoms with van der Waals surface area (Å²) in [7, 11) is 0. The van der Waals surface area contributed by atoms with E-state index >= 15 is 0 Å². The number of halogens is 1. The Morgan fingerprint density at radius 1 is 1.17 bits per heavy atom. The van der Waals surface area contributed by atoms with Gasteiger partial charge in [-0.2, -0.15) is 0 Å². The normalized spacial score (nSPS) is 12.9. The average Bonchev–Trinajstić information content (AvgIpc) is 3.32. The number of carbonyl (C=O) groups is 3. The van der Waals surface area contributed by atoms with Gasteiger partial charge in [-0.25, -0.2) is 4.98 Å². The molecule has 0 fully saturated rings. The molecular formula is C21H17BrN4O3S. The van der Waals surface area contributed by atoms with Crippen LogP contribution in [0.4, 0.5) is 0 Å². The molecule has 1 N–H and O–H groups in total. The minimum absolute atomic E-state index is 0.148. The van der Waals surface area contributed by atoms with Crippen molar-refractivity contribution in [1.29, 1.82) is 0 Å². The lowest BCUT2D eigenvalue weighted by molar-refractivity contribution is -0.121. The highest BCUT2D eigenvalue weighted by Gasteiger charge is 2.35. The Labute approximate surface area is 185 Å². The number of fused-ring (bicyclic) bond motifs is 1. The first-order chi connectivity index (χ1) is 14.5. The zero-order chi connectivity index (χ0) is 21.1. The second-order valence-corrected chi connectivity index (χ2v) is 8.49. The fraction of sp³-hybridized carbons (Fsp3) is 0.190. The van der Waals surface area contributed by atoms with Gasteiger partial charge in [0, 0.05) is 40.8 Å². The van der Waals surface area contributed by atoms with E-state index in [4.69, 9.17) is 0 Å². The number of hydrogen-bond donors (Lipinski definition) is 1. The highest BCUT2D eigenvalue weighted by molar-refractivity contribution is 9.10. The van der Waals surface area contributed by atoms with Gasteiger partial charge in [0.2, 0.25) is 5.91 Å². The minimum Gasteiger partial charge on any atom is -0.350 e. The molecule has 1 aliphatic heterocycles. The van der Waals surface area contributed by atoms with Gasteiger partial charge in [0.05, 0.1) is 23.4 Å². The van der Waals surface area contributed by atoms with Crippen molar-refractivity contribution in [2.75, 3.05) is 6.54 Å². The summed E-state index contributed by atoms with van der Waals surface area (Å²) in [4.78, 5) is 46.8. The number of benzene rings is 1. The number of thiazole rings is 1. The topological polar surface area (TPSA) is 92.3 Å². The maximum atomic E-state index is 12.4. The zero-order valence-electron chi connectivity index (χ0n) is 15.8. The quantitative estimate of drug-likeness (QED) is 0.516. The van der Waals surface area contributed by atoms with Crippen molar-refractivity contribution < 1.29 is 14.4 Å². The van der Waals surface area contributed by atoms with E-state index in [0.29, 0.717) is 24.1 Å². The Kier molecular flexibility index (Phi) is 6.01. The highest BCUT2D eigenvalue weighted by atomic mass is 79.9. The smallest absolute Gasteiger partial charge is 0.261 e. The summed E-state index contributed by atoms with van der Waals surface area (Å²) >= 11 is 4.81. The molecule has 0 spiro atoms. The van der Waals surface area contributed by atoms with Gasteiger partial charge < -0.3 is 5.32 Å². The Balaban J connectivity index is 1.25. The molecule has 3 aromatic rings. The van der Waals surface area contributed by atoms with Crippen LogP contribution in [-0.2, 0) is 11.3 Å². The van der Waals surface area contributed by atoms with E-state index in [9.17, 15) is 14.4 Å². The third kappa shape index (κ3) is 4.31. The van der Waals surface area contributed by atoms with Crippen LogP contribution >= 0.6 is 27.3 Å². The lowest BCUT2D eigenvalue weighted by atomic mass is 10.1. The first kappa shape index (κ1) is 20.4. The van der Waals surface area contributed by atoms with E-state index in [1.54, 1.807) is 30.6 Å². The lowest BCUT2D eigenvalue weighted by Crippen LogP contribution is -2.32. The van der Waals surface area contributed by atoms with Crippen LogP contribution in [0.2, 0.25) is 0 Å². The first-order valence-corrected chi connectivity index (χ1v) is 11.0. The number of pyridine rings is 1. The largest absolute Gasteiger partial charge is 0.350 e. The van der Waals surface area contributed by atoms with Crippen molar-refractivity contribution in [2.45, 2.75) is 19.4 Å². The van der Waals surface area contributed by atoms with Crippen LogP contribution in [0.1, 0.15) is 39.3 Å². The maximum absolute atomic E-state index is 12.4. The van der Waals surface area contributed by atoms with Gasteiger partial charge in [0.25, 0.3) is 11.8 Å². The molecule has 0 unspecified atom stereocenters. The van der Waals surface area contributed by atoms with Gasteiger partial charge in [-0.15, -0.1) is 11.3 Å². The fourth-order valence-corrected chi connectivity index (χ4v) is 4.32. The van der Waals surface area contributed by atoms with Crippen LogP contribution < -0.4 is 5.32 Å². The summed E-state index contributed by atoms with van der Waals surface area (Å²) < 4.78 is 0.748. The first-order valence-electron chi connectivity index (χ1n) is 9.30. The van der Waals surface area contributed by atoms with Crippen LogP contribution in [0.3, 0.4) is 0 Å². The maximum Gasteiger partial charge on any atom is 0.261 e. The lowest BCUT2D eigenvalue weighted by Gasteiger charge is -2.13. The molecule has 0 saturated heterocycles. The Hall–Kier alpha value is -2.91. The summed E-state index contributed by atoms with van der Waals surface area (Å²) in [6.45, 7) is 0.538. The molecule has 30 heavy (non-hydrogen) atoms. The van der Waals surface area contributed by atoms with Crippen LogP contribution in [0, 0.1) is 0 Å². The predicted octanol–water partition coefficient (Wildman–Crippen LogP) is 3.66. The third-order valence-corrected chi connectivity index (χ3v) is 6.08. The Morgan fingerprint density at radius 2 is 2.00 bits per heavy atom. The van der Waals surface area contributed by atoms with Crippen LogP contribution in [-0.4, -0.2) is 39.1 Å². The highest BCUT2D eigenvalue weighted by Crippen LogP contribution is 2.26. The van der Waals surface area contributed by atoms with Crippen molar-refractivity contribution >= 4 is 45.0 Å². The van der Waals surface area contributed by atoms with Gasteiger partial charge in [-0.05, 0) is 36.8 Å². The number of rotatable bonds is 7. The second-order valence-electron chi connectivity index (χ2n) is 6.72. The number of nitrogens with one attached hydrogen (secondary N) is 1. The summed E-state index contributed by atoms with van der Waals surface area (Å²) in [5.74, 6) is -0.777. The van der Waals surface area contributed by atoms with Gasteiger partial charge >= 0.3 is 0 Å². The molecule has 0 atom stereocenters. The molecule has 0 saturated carbocycles. The molecule has 1 aromatic carbocycles. The van der Waals surface area contributed by atoms with Crippen molar-refractivity contribution in [3.63, 3.8) is 0 Å². The predicted molar refractivity (Wildman–Crippen MR) is 116 cm³/mol. The molecule has 0 aliphatic carbocycles. The van der Waals surface area contributed by atoms with Gasteiger partial charge in [-0.3, -0.25) is 24.3 Å². The fourth-order valence-electron chi connectivity index (χ4n) is 3.15. The van der Waals surface area contributed by atoms with Crippen LogP contribution in [0.15, 0.2) is 52.6 Å². The molecule has 152 valence electrons. The molecule has 1 aliphatic rings. The zero-order valence-corrected chi connectivity index (χ0v) is 18.2. The van der Waals surface area contributed by atoms with Crippen molar-refractivity contribution in [1.82, 2.24) is 20.2 Å².